The van der Waals surface area contributed by atoms with Crippen molar-refractivity contribution in [3.8, 4) is 11.3 Å². The van der Waals surface area contributed by atoms with E-state index in [0.717, 1.165) is 6.07 Å². The molecule has 0 fully saturated rings. The molecular weight excluding hydrogens is 249 g/mol. The minimum absolute atomic E-state index is 0.0508. The summed E-state index contributed by atoms with van der Waals surface area (Å²) in [6, 6.07) is 4.07. The van der Waals surface area contributed by atoms with Crippen LogP contribution in [-0.4, -0.2) is 16.1 Å². The van der Waals surface area contributed by atoms with Crippen molar-refractivity contribution in [3.05, 3.63) is 40.6 Å². The number of nitrogens with zero attached hydrogens (tertiary/aromatic N) is 1. The van der Waals surface area contributed by atoms with Crippen molar-refractivity contribution in [2.24, 2.45) is 0 Å². The standard InChI is InChI=1S/C11H7ClFNO3/c1-5-2-6(4-7(13)3-5)9-8(10(15)16)14-11(12)17-9/h2-4H,1H3,(H,15,16). The molecule has 0 aliphatic carbocycles. The second kappa shape index (κ2) is 4.18. The molecule has 17 heavy (non-hydrogen) atoms. The molecule has 0 atom stereocenters. The van der Waals surface area contributed by atoms with Crippen molar-refractivity contribution in [2.45, 2.75) is 6.92 Å². The van der Waals surface area contributed by atoms with Gasteiger partial charge in [0.05, 0.1) is 0 Å². The number of aryl methyl sites for hydroxylation is 1. The fraction of sp³-hybridized carbons (Fsp3) is 0.0909. The molecule has 2 rings (SSSR count). The lowest BCUT2D eigenvalue weighted by Crippen LogP contribution is -1.99. The van der Waals surface area contributed by atoms with Gasteiger partial charge in [-0.25, -0.2) is 9.18 Å². The van der Waals surface area contributed by atoms with Crippen LogP contribution in [-0.2, 0) is 0 Å². The van der Waals surface area contributed by atoms with Crippen LogP contribution in [0.15, 0.2) is 22.6 Å². The molecule has 0 saturated carbocycles. The molecule has 0 aliphatic heterocycles. The maximum absolute atomic E-state index is 13.2. The van der Waals surface area contributed by atoms with E-state index in [1.807, 2.05) is 0 Å². The van der Waals surface area contributed by atoms with E-state index in [9.17, 15) is 9.18 Å². The smallest absolute Gasteiger partial charge is 0.358 e. The van der Waals surface area contributed by atoms with Crippen LogP contribution in [0.5, 0.6) is 0 Å². The molecule has 0 amide bonds. The Morgan fingerprint density at radius 1 is 1.47 bits per heavy atom. The molecule has 0 radical (unpaired) electrons. The lowest BCUT2D eigenvalue weighted by atomic mass is 10.1. The Bertz CT molecular complexity index is 574. The van der Waals surface area contributed by atoms with Crippen LogP contribution in [0.1, 0.15) is 16.1 Å². The van der Waals surface area contributed by atoms with Gasteiger partial charge in [0, 0.05) is 5.56 Å². The maximum atomic E-state index is 13.2. The van der Waals surface area contributed by atoms with Crippen molar-refractivity contribution in [1.29, 1.82) is 0 Å². The van der Waals surface area contributed by atoms with E-state index in [-0.39, 0.29) is 16.8 Å². The van der Waals surface area contributed by atoms with Gasteiger partial charge >= 0.3 is 5.97 Å². The zero-order valence-electron chi connectivity index (χ0n) is 8.70. The van der Waals surface area contributed by atoms with Gasteiger partial charge in [-0.1, -0.05) is 0 Å². The van der Waals surface area contributed by atoms with Gasteiger partial charge in [-0.3, -0.25) is 0 Å². The van der Waals surface area contributed by atoms with Gasteiger partial charge in [0.25, 0.3) is 5.35 Å². The highest BCUT2D eigenvalue weighted by Crippen LogP contribution is 2.28. The summed E-state index contributed by atoms with van der Waals surface area (Å²) in [4.78, 5) is 14.4. The van der Waals surface area contributed by atoms with E-state index < -0.39 is 11.8 Å². The fourth-order valence-corrected chi connectivity index (χ4v) is 1.66. The number of hydrogen-bond donors (Lipinski definition) is 1. The number of carboxylic acids is 1. The topological polar surface area (TPSA) is 63.3 Å². The molecular formula is C11H7ClFNO3. The highest BCUT2D eigenvalue weighted by Gasteiger charge is 2.20. The summed E-state index contributed by atoms with van der Waals surface area (Å²) in [6.45, 7) is 1.69. The van der Waals surface area contributed by atoms with Gasteiger partial charge in [-0.15, -0.1) is 0 Å². The second-order valence-electron chi connectivity index (χ2n) is 3.47. The summed E-state index contributed by atoms with van der Waals surface area (Å²) in [7, 11) is 0. The highest BCUT2D eigenvalue weighted by molar-refractivity contribution is 6.28. The van der Waals surface area contributed by atoms with Gasteiger partial charge in [-0.05, 0) is 42.3 Å². The number of rotatable bonds is 2. The molecule has 0 bridgehead atoms. The number of carbonyl (C=O) groups is 1. The van der Waals surface area contributed by atoms with E-state index >= 15 is 0 Å². The van der Waals surface area contributed by atoms with Crippen molar-refractivity contribution >= 4 is 17.6 Å². The normalized spacial score (nSPS) is 10.5. The summed E-state index contributed by atoms with van der Waals surface area (Å²) < 4.78 is 18.2. The van der Waals surface area contributed by atoms with Crippen LogP contribution in [0.3, 0.4) is 0 Å². The van der Waals surface area contributed by atoms with E-state index in [1.54, 1.807) is 13.0 Å². The summed E-state index contributed by atoms with van der Waals surface area (Å²) in [6.07, 6.45) is 0. The third-order valence-electron chi connectivity index (χ3n) is 2.11. The second-order valence-corrected chi connectivity index (χ2v) is 3.79. The molecule has 4 nitrogen and oxygen atoms in total. The molecule has 1 N–H and O–H groups in total. The van der Waals surface area contributed by atoms with Gasteiger partial charge in [0.2, 0.25) is 0 Å². The molecule has 0 aliphatic rings. The van der Waals surface area contributed by atoms with Crippen LogP contribution in [0.4, 0.5) is 4.39 Å². The Morgan fingerprint density at radius 2 is 2.18 bits per heavy atom. The average Bonchev–Trinajstić information content (AvgIpc) is 2.59. The van der Waals surface area contributed by atoms with Crippen LogP contribution in [0, 0.1) is 12.7 Å². The number of hydrogen-bond acceptors (Lipinski definition) is 3. The minimum atomic E-state index is -1.28. The third-order valence-corrected chi connectivity index (χ3v) is 2.27. The highest BCUT2D eigenvalue weighted by atomic mass is 35.5. The lowest BCUT2D eigenvalue weighted by Gasteiger charge is -2.00. The number of aromatic carboxylic acids is 1. The molecule has 2 aromatic rings. The largest absolute Gasteiger partial charge is 0.476 e. The number of carboxylic acid groups (broad SMARTS) is 1. The van der Waals surface area contributed by atoms with Crippen molar-refractivity contribution in [3.63, 3.8) is 0 Å². The summed E-state index contributed by atoms with van der Waals surface area (Å²) >= 11 is 5.50. The summed E-state index contributed by atoms with van der Waals surface area (Å²) in [5.41, 5.74) is 0.600. The van der Waals surface area contributed by atoms with Gasteiger partial charge in [-0.2, -0.15) is 4.98 Å². The average molecular weight is 256 g/mol. The number of halogens is 2. The van der Waals surface area contributed by atoms with Crippen LogP contribution >= 0.6 is 11.6 Å². The Kier molecular flexibility index (Phi) is 2.85. The van der Waals surface area contributed by atoms with E-state index in [4.69, 9.17) is 21.1 Å². The van der Waals surface area contributed by atoms with Crippen LogP contribution in [0.25, 0.3) is 11.3 Å². The van der Waals surface area contributed by atoms with Crippen molar-refractivity contribution < 1.29 is 18.7 Å². The lowest BCUT2D eigenvalue weighted by molar-refractivity contribution is 0.0691. The summed E-state index contributed by atoms with van der Waals surface area (Å²) in [5, 5.41) is 8.61. The first-order chi connectivity index (χ1) is 7.97. The van der Waals surface area contributed by atoms with Gasteiger partial charge in [0.1, 0.15) is 5.82 Å². The molecule has 1 aromatic carbocycles. The van der Waals surface area contributed by atoms with E-state index in [2.05, 4.69) is 4.98 Å². The Morgan fingerprint density at radius 3 is 2.76 bits per heavy atom. The zero-order chi connectivity index (χ0) is 12.6. The number of oxazole rings is 1. The SMILES string of the molecule is Cc1cc(F)cc(-c2oc(Cl)nc2C(=O)O)c1. The first-order valence-electron chi connectivity index (χ1n) is 4.64. The van der Waals surface area contributed by atoms with Gasteiger partial charge < -0.3 is 9.52 Å². The predicted octanol–water partition coefficient (Wildman–Crippen LogP) is 3.14. The number of benzene rings is 1. The number of aromatic nitrogens is 1. The Labute approximate surface area is 101 Å². The van der Waals surface area contributed by atoms with E-state index in [0.29, 0.717) is 11.1 Å². The molecule has 1 heterocycles. The molecule has 1 aromatic heterocycles. The fourth-order valence-electron chi connectivity index (χ4n) is 1.50. The summed E-state index contributed by atoms with van der Waals surface area (Å²) in [5.74, 6) is -1.81. The zero-order valence-corrected chi connectivity index (χ0v) is 9.45. The maximum Gasteiger partial charge on any atom is 0.358 e. The third kappa shape index (κ3) is 2.29. The van der Waals surface area contributed by atoms with Gasteiger partial charge in [0.15, 0.2) is 11.5 Å². The molecule has 0 spiro atoms. The molecule has 6 heteroatoms. The van der Waals surface area contributed by atoms with E-state index in [1.165, 1.54) is 6.07 Å². The first kappa shape index (κ1) is 11.6. The minimum Gasteiger partial charge on any atom is -0.476 e. The van der Waals surface area contributed by atoms with Crippen molar-refractivity contribution in [1.82, 2.24) is 4.98 Å². The first-order valence-corrected chi connectivity index (χ1v) is 5.02. The molecule has 0 unspecified atom stereocenters. The Hall–Kier alpha value is -1.88. The quantitative estimate of drug-likeness (QED) is 0.895. The van der Waals surface area contributed by atoms with Crippen LogP contribution in [0.2, 0.25) is 5.35 Å². The Balaban J connectivity index is 2.63. The van der Waals surface area contributed by atoms with Crippen molar-refractivity contribution in [2.75, 3.05) is 0 Å². The molecule has 88 valence electrons. The monoisotopic (exact) mass is 255 g/mol. The van der Waals surface area contributed by atoms with Crippen LogP contribution < -0.4 is 0 Å². The molecule has 0 saturated heterocycles. The predicted molar refractivity (Wildman–Crippen MR) is 58.6 cm³/mol.